The van der Waals surface area contributed by atoms with Gasteiger partial charge in [-0.2, -0.15) is 0 Å². The molecule has 2 heteroatoms. The van der Waals surface area contributed by atoms with Gasteiger partial charge in [-0.25, -0.2) is 0 Å². The average Bonchev–Trinajstić information content (AvgIpc) is 2.92. The van der Waals surface area contributed by atoms with Crippen molar-refractivity contribution in [2.45, 2.75) is 89.4 Å². The van der Waals surface area contributed by atoms with Gasteiger partial charge in [-0.05, 0) is 38.6 Å². The fourth-order valence-electron chi connectivity index (χ4n) is 4.61. The maximum atomic E-state index is 6.48. The standard InChI is InChI=1S/C16H29NO/c1-2-17-14-12-15(18-13-8-4-5-9-13)16(14)10-6-3-7-11-16/h13-15,17H,2-12H2,1H3. The number of hydrogen-bond donors (Lipinski definition) is 1. The van der Waals surface area contributed by atoms with Crippen molar-refractivity contribution in [1.29, 1.82) is 0 Å². The molecule has 104 valence electrons. The van der Waals surface area contributed by atoms with Gasteiger partial charge in [0.2, 0.25) is 0 Å². The quantitative estimate of drug-likeness (QED) is 0.823. The van der Waals surface area contributed by atoms with Crippen LogP contribution in [-0.4, -0.2) is 24.8 Å². The second kappa shape index (κ2) is 5.50. The highest BCUT2D eigenvalue weighted by molar-refractivity contribution is 5.09. The third-order valence-corrected chi connectivity index (χ3v) is 5.68. The second-order valence-electron chi connectivity index (χ2n) is 6.67. The summed E-state index contributed by atoms with van der Waals surface area (Å²) in [7, 11) is 0. The molecule has 3 aliphatic rings. The minimum absolute atomic E-state index is 0.511. The first kappa shape index (κ1) is 12.9. The molecule has 0 amide bonds. The molecule has 18 heavy (non-hydrogen) atoms. The van der Waals surface area contributed by atoms with Crippen LogP contribution in [-0.2, 0) is 4.74 Å². The zero-order valence-electron chi connectivity index (χ0n) is 11.9. The Morgan fingerprint density at radius 2 is 1.78 bits per heavy atom. The van der Waals surface area contributed by atoms with Gasteiger partial charge in [0.05, 0.1) is 12.2 Å². The average molecular weight is 251 g/mol. The summed E-state index contributed by atoms with van der Waals surface area (Å²) in [6.45, 7) is 3.35. The Hall–Kier alpha value is -0.0800. The predicted molar refractivity (Wildman–Crippen MR) is 74.7 cm³/mol. The van der Waals surface area contributed by atoms with Crippen LogP contribution in [0.5, 0.6) is 0 Å². The minimum atomic E-state index is 0.511. The van der Waals surface area contributed by atoms with Crippen molar-refractivity contribution in [2.75, 3.05) is 6.54 Å². The SMILES string of the molecule is CCNC1CC(OC2CCCC2)C12CCCCC2. The lowest BCUT2D eigenvalue weighted by molar-refractivity contribution is -0.174. The minimum Gasteiger partial charge on any atom is -0.374 e. The number of ether oxygens (including phenoxy) is 1. The van der Waals surface area contributed by atoms with Crippen molar-refractivity contribution in [3.8, 4) is 0 Å². The molecule has 0 aromatic carbocycles. The normalized spacial score (nSPS) is 35.8. The maximum absolute atomic E-state index is 6.48. The number of rotatable bonds is 4. The van der Waals surface area contributed by atoms with Gasteiger partial charge in [-0.15, -0.1) is 0 Å². The van der Waals surface area contributed by atoms with Gasteiger partial charge >= 0.3 is 0 Å². The van der Waals surface area contributed by atoms with Crippen LogP contribution in [0.2, 0.25) is 0 Å². The highest BCUT2D eigenvalue weighted by Crippen LogP contribution is 2.54. The first-order chi connectivity index (χ1) is 8.85. The van der Waals surface area contributed by atoms with E-state index in [4.69, 9.17) is 4.74 Å². The van der Waals surface area contributed by atoms with Crippen molar-refractivity contribution >= 4 is 0 Å². The van der Waals surface area contributed by atoms with Gasteiger partial charge < -0.3 is 10.1 Å². The molecule has 0 aromatic heterocycles. The molecule has 2 unspecified atom stereocenters. The maximum Gasteiger partial charge on any atom is 0.0665 e. The zero-order valence-corrected chi connectivity index (χ0v) is 11.9. The van der Waals surface area contributed by atoms with Crippen LogP contribution in [0.15, 0.2) is 0 Å². The summed E-state index contributed by atoms with van der Waals surface area (Å²) in [5, 5.41) is 3.72. The highest BCUT2D eigenvalue weighted by atomic mass is 16.5. The lowest BCUT2D eigenvalue weighted by Crippen LogP contribution is -2.64. The number of nitrogens with one attached hydrogen (secondary N) is 1. The largest absolute Gasteiger partial charge is 0.374 e. The first-order valence-corrected chi connectivity index (χ1v) is 8.24. The van der Waals surface area contributed by atoms with Crippen LogP contribution in [0.3, 0.4) is 0 Å². The van der Waals surface area contributed by atoms with Crippen molar-refractivity contribution in [2.24, 2.45) is 5.41 Å². The van der Waals surface area contributed by atoms with E-state index in [-0.39, 0.29) is 0 Å². The molecular formula is C16H29NO. The molecule has 0 saturated heterocycles. The lowest BCUT2D eigenvalue weighted by atomic mass is 9.55. The third kappa shape index (κ3) is 2.22. The Morgan fingerprint density at radius 3 is 2.44 bits per heavy atom. The van der Waals surface area contributed by atoms with Crippen LogP contribution in [0, 0.1) is 5.41 Å². The van der Waals surface area contributed by atoms with Crippen LogP contribution >= 0.6 is 0 Å². The van der Waals surface area contributed by atoms with E-state index >= 15 is 0 Å². The topological polar surface area (TPSA) is 21.3 Å². The Morgan fingerprint density at radius 1 is 1.06 bits per heavy atom. The fourth-order valence-corrected chi connectivity index (χ4v) is 4.61. The van der Waals surface area contributed by atoms with E-state index in [0.29, 0.717) is 17.6 Å². The molecule has 1 N–H and O–H groups in total. The summed E-state index contributed by atoms with van der Waals surface area (Å²) in [4.78, 5) is 0. The molecule has 0 aromatic rings. The van der Waals surface area contributed by atoms with Crippen molar-refractivity contribution in [3.63, 3.8) is 0 Å². The highest BCUT2D eigenvalue weighted by Gasteiger charge is 2.55. The van der Waals surface area contributed by atoms with Gasteiger partial charge in [-0.3, -0.25) is 0 Å². The van der Waals surface area contributed by atoms with Crippen LogP contribution in [0.4, 0.5) is 0 Å². The van der Waals surface area contributed by atoms with Gasteiger partial charge in [0.25, 0.3) is 0 Å². The van der Waals surface area contributed by atoms with E-state index in [1.165, 1.54) is 64.2 Å². The van der Waals surface area contributed by atoms with E-state index in [1.54, 1.807) is 0 Å². The predicted octanol–water partition coefficient (Wildman–Crippen LogP) is 3.65. The Balaban J connectivity index is 1.62. The summed E-state index contributed by atoms with van der Waals surface area (Å²) < 4.78 is 6.48. The monoisotopic (exact) mass is 251 g/mol. The first-order valence-electron chi connectivity index (χ1n) is 8.24. The molecule has 3 rings (SSSR count). The summed E-state index contributed by atoms with van der Waals surface area (Å²) >= 11 is 0. The molecule has 0 heterocycles. The smallest absolute Gasteiger partial charge is 0.0665 e. The third-order valence-electron chi connectivity index (χ3n) is 5.68. The molecule has 2 atom stereocenters. The van der Waals surface area contributed by atoms with Crippen LogP contribution in [0.1, 0.15) is 71.1 Å². The molecule has 0 radical (unpaired) electrons. The van der Waals surface area contributed by atoms with E-state index in [9.17, 15) is 0 Å². The summed E-state index contributed by atoms with van der Waals surface area (Å²) in [5.74, 6) is 0. The molecule has 3 aliphatic carbocycles. The van der Waals surface area contributed by atoms with Gasteiger partial charge in [0.1, 0.15) is 0 Å². The molecule has 2 nitrogen and oxygen atoms in total. The van der Waals surface area contributed by atoms with Gasteiger partial charge in [0, 0.05) is 11.5 Å². The van der Waals surface area contributed by atoms with Gasteiger partial charge in [-0.1, -0.05) is 39.0 Å². The van der Waals surface area contributed by atoms with Crippen LogP contribution in [0.25, 0.3) is 0 Å². The fraction of sp³-hybridized carbons (Fsp3) is 1.00. The molecule has 0 bridgehead atoms. The van der Waals surface area contributed by atoms with Crippen molar-refractivity contribution in [1.82, 2.24) is 5.32 Å². The van der Waals surface area contributed by atoms with Crippen molar-refractivity contribution < 1.29 is 4.74 Å². The van der Waals surface area contributed by atoms with E-state index in [2.05, 4.69) is 12.2 Å². The Kier molecular flexibility index (Phi) is 3.95. The second-order valence-corrected chi connectivity index (χ2v) is 6.67. The van der Waals surface area contributed by atoms with E-state index in [0.717, 1.165) is 12.6 Å². The zero-order chi connectivity index (χ0) is 12.4. The molecule has 3 fully saturated rings. The lowest BCUT2D eigenvalue weighted by Gasteiger charge is -2.58. The van der Waals surface area contributed by atoms with Crippen LogP contribution < -0.4 is 5.32 Å². The summed E-state index contributed by atoms with van der Waals surface area (Å²) in [6, 6.07) is 0.745. The van der Waals surface area contributed by atoms with E-state index in [1.807, 2.05) is 0 Å². The number of hydrogen-bond acceptors (Lipinski definition) is 2. The molecule has 1 spiro atoms. The molecular weight excluding hydrogens is 222 g/mol. The summed E-state index contributed by atoms with van der Waals surface area (Å²) in [6.07, 6.45) is 14.9. The van der Waals surface area contributed by atoms with E-state index < -0.39 is 0 Å². The van der Waals surface area contributed by atoms with Crippen molar-refractivity contribution in [3.05, 3.63) is 0 Å². The summed E-state index contributed by atoms with van der Waals surface area (Å²) in [5.41, 5.74) is 0.511. The molecule has 0 aliphatic heterocycles. The molecule has 3 saturated carbocycles. The Labute approximate surface area is 112 Å². The van der Waals surface area contributed by atoms with Gasteiger partial charge in [0.15, 0.2) is 0 Å². The Bertz CT molecular complexity index is 266.